The Morgan fingerprint density at radius 2 is 2.00 bits per heavy atom. The molecule has 0 aliphatic carbocycles. The molecule has 0 unspecified atom stereocenters. The van der Waals surface area contributed by atoms with Gasteiger partial charge < -0.3 is 4.74 Å². The molecule has 16 heavy (non-hydrogen) atoms. The van der Waals surface area contributed by atoms with E-state index in [9.17, 15) is 0 Å². The number of ether oxygens (including phenoxy) is 1. The third kappa shape index (κ3) is 6.00. The smallest absolute Gasteiger partial charge is 0.0650 e. The van der Waals surface area contributed by atoms with Crippen molar-refractivity contribution in [1.29, 1.82) is 5.26 Å². The average molecular weight is 215 g/mol. The van der Waals surface area contributed by atoms with E-state index in [-0.39, 0.29) is 0 Å². The van der Waals surface area contributed by atoms with E-state index >= 15 is 0 Å². The van der Waals surface area contributed by atoms with E-state index in [4.69, 9.17) is 10.00 Å². The molecule has 0 radical (unpaired) electrons. The predicted octanol–water partition coefficient (Wildman–Crippen LogP) is 3.41. The Morgan fingerprint density at radius 3 is 2.75 bits per heavy atom. The molecule has 84 valence electrons. The van der Waals surface area contributed by atoms with Gasteiger partial charge in [0.15, 0.2) is 0 Å². The van der Waals surface area contributed by atoms with Crippen molar-refractivity contribution < 1.29 is 4.74 Å². The first-order chi connectivity index (χ1) is 7.93. The van der Waals surface area contributed by atoms with Gasteiger partial charge in [0.1, 0.15) is 0 Å². The molecule has 0 spiro atoms. The molecule has 0 N–H and O–H groups in total. The maximum atomic E-state index is 8.33. The minimum absolute atomic E-state index is 0.628. The summed E-state index contributed by atoms with van der Waals surface area (Å²) in [7, 11) is 0. The zero-order valence-corrected chi connectivity index (χ0v) is 9.43. The van der Waals surface area contributed by atoms with Crippen molar-refractivity contribution in [3.63, 3.8) is 0 Å². The number of benzene rings is 1. The van der Waals surface area contributed by atoms with Gasteiger partial charge in [-0.25, -0.2) is 0 Å². The van der Waals surface area contributed by atoms with Crippen LogP contribution in [0.5, 0.6) is 0 Å². The minimum atomic E-state index is 0.628. The average Bonchev–Trinajstić information content (AvgIpc) is 2.34. The molecule has 0 atom stereocenters. The van der Waals surface area contributed by atoms with E-state index in [1.54, 1.807) is 0 Å². The maximum Gasteiger partial charge on any atom is 0.0650 e. The molecule has 2 heteroatoms. The number of unbranched alkanes of at least 4 members (excludes halogenated alkanes) is 2. The van der Waals surface area contributed by atoms with E-state index in [1.807, 2.05) is 24.3 Å². The summed E-state index contributed by atoms with van der Waals surface area (Å²) in [6.45, 7) is 1.38. The van der Waals surface area contributed by atoms with Crippen LogP contribution < -0.4 is 0 Å². The number of rotatable bonds is 7. The molecule has 0 saturated carbocycles. The van der Waals surface area contributed by atoms with Crippen LogP contribution in [0.1, 0.15) is 24.8 Å². The van der Waals surface area contributed by atoms with Gasteiger partial charge in [0, 0.05) is 13.0 Å². The molecule has 0 aromatic heterocycles. The van der Waals surface area contributed by atoms with Crippen molar-refractivity contribution in [2.75, 3.05) is 13.2 Å². The lowest BCUT2D eigenvalue weighted by atomic mass is 10.2. The molecule has 0 aliphatic heterocycles. The summed E-state index contributed by atoms with van der Waals surface area (Å²) >= 11 is 0. The monoisotopic (exact) mass is 215 g/mol. The van der Waals surface area contributed by atoms with Gasteiger partial charge in [-0.3, -0.25) is 0 Å². The van der Waals surface area contributed by atoms with Crippen LogP contribution in [0.2, 0.25) is 0 Å². The fraction of sp³-hybridized carbons (Fsp3) is 0.357. The van der Waals surface area contributed by atoms with E-state index < -0.39 is 0 Å². The molecule has 0 amide bonds. The number of hydrogen-bond acceptors (Lipinski definition) is 2. The zero-order valence-electron chi connectivity index (χ0n) is 9.43. The van der Waals surface area contributed by atoms with Crippen LogP contribution in [0.3, 0.4) is 0 Å². The molecule has 0 fully saturated rings. The molecule has 1 aromatic rings. The fourth-order valence-corrected chi connectivity index (χ4v) is 1.31. The molecular weight excluding hydrogens is 198 g/mol. The van der Waals surface area contributed by atoms with Gasteiger partial charge in [-0.05, 0) is 18.4 Å². The van der Waals surface area contributed by atoms with Crippen molar-refractivity contribution in [3.8, 4) is 6.07 Å². The van der Waals surface area contributed by atoms with Crippen LogP contribution in [-0.4, -0.2) is 13.2 Å². The first-order valence-electron chi connectivity index (χ1n) is 5.60. The summed E-state index contributed by atoms with van der Waals surface area (Å²) in [6.07, 6.45) is 6.59. The predicted molar refractivity (Wildman–Crippen MR) is 65.8 cm³/mol. The lowest BCUT2D eigenvalue weighted by molar-refractivity contribution is 0.158. The van der Waals surface area contributed by atoms with Gasteiger partial charge >= 0.3 is 0 Å². The highest BCUT2D eigenvalue weighted by atomic mass is 16.5. The topological polar surface area (TPSA) is 33.0 Å². The summed E-state index contributed by atoms with van der Waals surface area (Å²) in [4.78, 5) is 0. The second-order valence-corrected chi connectivity index (χ2v) is 3.50. The van der Waals surface area contributed by atoms with Gasteiger partial charge in [0.05, 0.1) is 12.7 Å². The highest BCUT2D eigenvalue weighted by molar-refractivity contribution is 5.48. The van der Waals surface area contributed by atoms with Gasteiger partial charge in [-0.2, -0.15) is 5.26 Å². The fourth-order valence-electron chi connectivity index (χ4n) is 1.31. The quantitative estimate of drug-likeness (QED) is 0.653. The Bertz CT molecular complexity index is 338. The Kier molecular flexibility index (Phi) is 6.78. The molecular formula is C14H17NO. The van der Waals surface area contributed by atoms with E-state index in [0.717, 1.165) is 19.4 Å². The second-order valence-electron chi connectivity index (χ2n) is 3.50. The Morgan fingerprint density at radius 1 is 1.19 bits per heavy atom. The molecule has 0 saturated heterocycles. The van der Waals surface area contributed by atoms with Gasteiger partial charge in [0.25, 0.3) is 0 Å². The zero-order chi connectivity index (χ0) is 11.5. The van der Waals surface area contributed by atoms with E-state index in [2.05, 4.69) is 24.3 Å². The van der Waals surface area contributed by atoms with Crippen LogP contribution in [0.25, 0.3) is 6.08 Å². The largest absolute Gasteiger partial charge is 0.377 e. The Labute approximate surface area is 97.2 Å². The van der Waals surface area contributed by atoms with Gasteiger partial charge in [0.2, 0.25) is 0 Å². The summed E-state index contributed by atoms with van der Waals surface area (Å²) < 4.78 is 5.41. The van der Waals surface area contributed by atoms with E-state index in [0.29, 0.717) is 13.0 Å². The lowest BCUT2D eigenvalue weighted by Crippen LogP contribution is -1.93. The summed E-state index contributed by atoms with van der Waals surface area (Å²) in [5.41, 5.74) is 1.19. The first kappa shape index (κ1) is 12.5. The molecule has 1 rings (SSSR count). The number of nitriles is 1. The van der Waals surface area contributed by atoms with Crippen molar-refractivity contribution >= 4 is 6.08 Å². The number of hydrogen-bond donors (Lipinski definition) is 0. The summed E-state index contributed by atoms with van der Waals surface area (Å²) in [5, 5.41) is 8.33. The minimum Gasteiger partial charge on any atom is -0.377 e. The molecule has 1 aromatic carbocycles. The lowest BCUT2D eigenvalue weighted by Gasteiger charge is -1.98. The van der Waals surface area contributed by atoms with Crippen LogP contribution in [0.4, 0.5) is 0 Å². The van der Waals surface area contributed by atoms with Gasteiger partial charge in [-0.15, -0.1) is 0 Å². The van der Waals surface area contributed by atoms with Crippen LogP contribution in [0, 0.1) is 11.3 Å². The second kappa shape index (κ2) is 8.70. The molecule has 0 aliphatic rings. The highest BCUT2D eigenvalue weighted by Gasteiger charge is 1.87. The number of nitrogens with zero attached hydrogens (tertiary/aromatic N) is 1. The van der Waals surface area contributed by atoms with Crippen molar-refractivity contribution in [2.24, 2.45) is 0 Å². The van der Waals surface area contributed by atoms with Crippen LogP contribution in [0.15, 0.2) is 36.4 Å². The van der Waals surface area contributed by atoms with E-state index in [1.165, 1.54) is 5.56 Å². The third-order valence-electron chi connectivity index (χ3n) is 2.15. The summed E-state index contributed by atoms with van der Waals surface area (Å²) in [6, 6.07) is 12.3. The normalized spacial score (nSPS) is 10.4. The van der Waals surface area contributed by atoms with Gasteiger partial charge in [-0.1, -0.05) is 42.5 Å². The first-order valence-corrected chi connectivity index (χ1v) is 5.60. The van der Waals surface area contributed by atoms with Crippen molar-refractivity contribution in [1.82, 2.24) is 0 Å². The third-order valence-corrected chi connectivity index (χ3v) is 2.15. The highest BCUT2D eigenvalue weighted by Crippen LogP contribution is 2.01. The summed E-state index contributed by atoms with van der Waals surface area (Å²) in [5.74, 6) is 0. The maximum absolute atomic E-state index is 8.33. The van der Waals surface area contributed by atoms with Crippen molar-refractivity contribution in [2.45, 2.75) is 19.3 Å². The standard InChI is InChI=1S/C14H17NO/c15-11-5-2-6-12-16-13-7-10-14-8-3-1-4-9-14/h1,3-4,7-10H,2,5-6,12-13H2/b10-7+. The SMILES string of the molecule is N#CCCCCOC/C=C/c1ccccc1. The molecule has 2 nitrogen and oxygen atoms in total. The molecule has 0 bridgehead atoms. The van der Waals surface area contributed by atoms with Crippen molar-refractivity contribution in [3.05, 3.63) is 42.0 Å². The Balaban J connectivity index is 2.03. The van der Waals surface area contributed by atoms with Crippen LogP contribution >= 0.6 is 0 Å². The Hall–Kier alpha value is -1.59. The van der Waals surface area contributed by atoms with Crippen LogP contribution in [-0.2, 0) is 4.74 Å². The molecule has 0 heterocycles.